The third-order valence-electron chi connectivity index (χ3n) is 3.36. The van der Waals surface area contributed by atoms with Crippen LogP contribution < -0.4 is 16.0 Å². The Labute approximate surface area is 137 Å². The predicted octanol–water partition coefficient (Wildman–Crippen LogP) is 0.0779. The largest absolute Gasteiger partial charge is 0.481 e. The van der Waals surface area contributed by atoms with Gasteiger partial charge in [0.15, 0.2) is 6.61 Å². The Bertz CT molecular complexity index is 921. The molecule has 8 heteroatoms. The highest BCUT2D eigenvalue weighted by Crippen LogP contribution is 2.16. The fourth-order valence-corrected chi connectivity index (χ4v) is 1.93. The predicted molar refractivity (Wildman–Crippen MR) is 83.4 cm³/mol. The summed E-state index contributed by atoms with van der Waals surface area (Å²) >= 11 is 0. The molecule has 124 valence electrons. The highest BCUT2D eigenvalue weighted by atomic mass is 16.6. The van der Waals surface area contributed by atoms with Gasteiger partial charge in [-0.1, -0.05) is 12.1 Å². The number of hydrogen-bond acceptors (Lipinski definition) is 6. The van der Waals surface area contributed by atoms with E-state index in [1.54, 1.807) is 24.3 Å². The van der Waals surface area contributed by atoms with E-state index in [-0.39, 0.29) is 18.1 Å². The molecule has 0 bridgehead atoms. The van der Waals surface area contributed by atoms with Crippen molar-refractivity contribution in [3.8, 4) is 11.8 Å². The van der Waals surface area contributed by atoms with Gasteiger partial charge in [0.25, 0.3) is 5.56 Å². The van der Waals surface area contributed by atoms with Crippen molar-refractivity contribution in [2.75, 3.05) is 6.61 Å². The summed E-state index contributed by atoms with van der Waals surface area (Å²) in [4.78, 5) is 35.1. The summed E-state index contributed by atoms with van der Waals surface area (Å²) in [5.74, 6) is -0.409. The van der Waals surface area contributed by atoms with E-state index in [0.29, 0.717) is 5.56 Å². The lowest BCUT2D eigenvalue weighted by molar-refractivity contribution is -0.147. The van der Waals surface area contributed by atoms with Crippen LogP contribution in [0.2, 0.25) is 0 Å². The molecule has 0 aliphatic heterocycles. The van der Waals surface area contributed by atoms with Crippen molar-refractivity contribution in [2.24, 2.45) is 14.1 Å². The van der Waals surface area contributed by atoms with Gasteiger partial charge in [-0.3, -0.25) is 13.9 Å². The SMILES string of the molecule is Cn1c(COC(=O)COc2ccccc2C#N)cc(=O)n(C)c1=O. The molecule has 0 fully saturated rings. The number of carbonyl (C=O) groups is 1. The number of benzene rings is 1. The summed E-state index contributed by atoms with van der Waals surface area (Å²) in [5.41, 5.74) is -0.413. The minimum atomic E-state index is -0.684. The summed E-state index contributed by atoms with van der Waals surface area (Å²) in [6.07, 6.45) is 0. The first-order valence-corrected chi connectivity index (χ1v) is 6.97. The van der Waals surface area contributed by atoms with Gasteiger partial charge in [0.1, 0.15) is 18.4 Å². The Kier molecular flexibility index (Phi) is 5.16. The molecule has 1 aromatic heterocycles. The molecule has 8 nitrogen and oxygen atoms in total. The summed E-state index contributed by atoms with van der Waals surface area (Å²) in [5, 5.41) is 8.93. The molecule has 24 heavy (non-hydrogen) atoms. The van der Waals surface area contributed by atoms with Gasteiger partial charge >= 0.3 is 11.7 Å². The van der Waals surface area contributed by atoms with Gasteiger partial charge in [-0.05, 0) is 12.1 Å². The molecule has 0 amide bonds. The molecule has 2 rings (SSSR count). The summed E-state index contributed by atoms with van der Waals surface area (Å²) in [7, 11) is 2.84. The molecule has 2 aromatic rings. The number of carbonyl (C=O) groups excluding carboxylic acids is 1. The molecule has 0 aliphatic rings. The van der Waals surface area contributed by atoms with Crippen LogP contribution in [0.1, 0.15) is 11.3 Å². The Morgan fingerprint density at radius 2 is 1.92 bits per heavy atom. The van der Waals surface area contributed by atoms with Crippen LogP contribution in [0, 0.1) is 11.3 Å². The lowest BCUT2D eigenvalue weighted by atomic mass is 10.2. The lowest BCUT2D eigenvalue weighted by Crippen LogP contribution is -2.38. The highest BCUT2D eigenvalue weighted by molar-refractivity contribution is 5.71. The van der Waals surface area contributed by atoms with Gasteiger partial charge in [0, 0.05) is 20.2 Å². The molecule has 0 saturated heterocycles. The van der Waals surface area contributed by atoms with Gasteiger partial charge in [-0.25, -0.2) is 9.59 Å². The third kappa shape index (κ3) is 3.70. The van der Waals surface area contributed by atoms with Gasteiger partial charge in [0.05, 0.1) is 11.3 Å². The Morgan fingerprint density at radius 3 is 2.62 bits per heavy atom. The van der Waals surface area contributed by atoms with Crippen LogP contribution in [-0.4, -0.2) is 21.7 Å². The lowest BCUT2D eigenvalue weighted by Gasteiger charge is -2.11. The molecule has 0 N–H and O–H groups in total. The number of esters is 1. The Balaban J connectivity index is 1.99. The molecule has 0 spiro atoms. The smallest absolute Gasteiger partial charge is 0.344 e. The van der Waals surface area contributed by atoms with Crippen molar-refractivity contribution in [2.45, 2.75) is 6.61 Å². The van der Waals surface area contributed by atoms with Crippen LogP contribution in [0.4, 0.5) is 0 Å². The highest BCUT2D eigenvalue weighted by Gasteiger charge is 2.11. The van der Waals surface area contributed by atoms with Gasteiger partial charge in [-0.2, -0.15) is 5.26 Å². The van der Waals surface area contributed by atoms with E-state index < -0.39 is 23.8 Å². The number of nitrogens with zero attached hydrogens (tertiary/aromatic N) is 3. The summed E-state index contributed by atoms with van der Waals surface area (Å²) < 4.78 is 12.4. The fourth-order valence-electron chi connectivity index (χ4n) is 1.93. The quantitative estimate of drug-likeness (QED) is 0.720. The van der Waals surface area contributed by atoms with E-state index in [4.69, 9.17) is 14.7 Å². The van der Waals surface area contributed by atoms with Crippen molar-refractivity contribution in [1.82, 2.24) is 9.13 Å². The standard InChI is InChI=1S/C16H15N3O5/c1-18-12(7-14(20)19(2)16(18)22)9-24-15(21)10-23-13-6-4-3-5-11(13)8-17/h3-7H,9-10H2,1-2H3. The monoisotopic (exact) mass is 329 g/mol. The first kappa shape index (κ1) is 17.0. The Hall–Kier alpha value is -3.34. The minimum absolute atomic E-state index is 0.232. The molecule has 0 radical (unpaired) electrons. The van der Waals surface area contributed by atoms with Crippen LogP contribution in [0.5, 0.6) is 5.75 Å². The van der Waals surface area contributed by atoms with Crippen molar-refractivity contribution >= 4 is 5.97 Å². The zero-order valence-electron chi connectivity index (χ0n) is 13.2. The summed E-state index contributed by atoms with van der Waals surface area (Å²) in [6, 6.07) is 9.66. The molecular formula is C16H15N3O5. The maximum atomic E-state index is 11.8. The number of ether oxygens (including phenoxy) is 2. The second-order valence-electron chi connectivity index (χ2n) is 4.93. The van der Waals surface area contributed by atoms with Crippen LogP contribution >= 0.6 is 0 Å². The van der Waals surface area contributed by atoms with E-state index in [2.05, 4.69) is 0 Å². The van der Waals surface area contributed by atoms with E-state index in [9.17, 15) is 14.4 Å². The molecule has 1 aromatic carbocycles. The zero-order chi connectivity index (χ0) is 17.7. The number of aromatic nitrogens is 2. The normalized spacial score (nSPS) is 10.0. The van der Waals surface area contributed by atoms with E-state index in [0.717, 1.165) is 4.57 Å². The van der Waals surface area contributed by atoms with Gasteiger partial charge in [0.2, 0.25) is 0 Å². The van der Waals surface area contributed by atoms with Crippen LogP contribution in [0.25, 0.3) is 0 Å². The minimum Gasteiger partial charge on any atom is -0.481 e. The topological polar surface area (TPSA) is 103 Å². The Morgan fingerprint density at radius 1 is 1.21 bits per heavy atom. The molecule has 0 unspecified atom stereocenters. The van der Waals surface area contributed by atoms with E-state index in [1.165, 1.54) is 24.7 Å². The number of hydrogen-bond donors (Lipinski definition) is 0. The van der Waals surface area contributed by atoms with Crippen molar-refractivity contribution < 1.29 is 14.3 Å². The molecule has 1 heterocycles. The second-order valence-corrected chi connectivity index (χ2v) is 4.93. The molecule has 0 aliphatic carbocycles. The molecular weight excluding hydrogens is 314 g/mol. The second kappa shape index (κ2) is 7.28. The van der Waals surface area contributed by atoms with Gasteiger partial charge < -0.3 is 9.47 Å². The average Bonchev–Trinajstić information content (AvgIpc) is 2.60. The molecule has 0 saturated carbocycles. The third-order valence-corrected chi connectivity index (χ3v) is 3.36. The van der Waals surface area contributed by atoms with Crippen LogP contribution in [-0.2, 0) is 30.2 Å². The van der Waals surface area contributed by atoms with E-state index >= 15 is 0 Å². The van der Waals surface area contributed by atoms with Crippen molar-refractivity contribution in [3.05, 3.63) is 62.4 Å². The van der Waals surface area contributed by atoms with Crippen LogP contribution in [0.15, 0.2) is 39.9 Å². The number of para-hydroxylation sites is 1. The number of nitriles is 1. The summed E-state index contributed by atoms with van der Waals surface area (Å²) in [6.45, 7) is -0.624. The van der Waals surface area contributed by atoms with Crippen molar-refractivity contribution in [3.63, 3.8) is 0 Å². The fraction of sp³-hybridized carbons (Fsp3) is 0.250. The average molecular weight is 329 g/mol. The van der Waals surface area contributed by atoms with Crippen LogP contribution in [0.3, 0.4) is 0 Å². The molecule has 0 atom stereocenters. The van der Waals surface area contributed by atoms with Gasteiger partial charge in [-0.15, -0.1) is 0 Å². The first-order valence-electron chi connectivity index (χ1n) is 6.97. The number of rotatable bonds is 5. The van der Waals surface area contributed by atoms with Crippen molar-refractivity contribution in [1.29, 1.82) is 5.26 Å². The van der Waals surface area contributed by atoms with E-state index in [1.807, 2.05) is 6.07 Å². The maximum absolute atomic E-state index is 11.8. The first-order chi connectivity index (χ1) is 11.4. The zero-order valence-corrected chi connectivity index (χ0v) is 13.2. The maximum Gasteiger partial charge on any atom is 0.344 e.